The zero-order valence-corrected chi connectivity index (χ0v) is 8.37. The molecule has 0 spiro atoms. The Morgan fingerprint density at radius 1 is 1.21 bits per heavy atom. The van der Waals surface area contributed by atoms with Gasteiger partial charge >= 0.3 is 0 Å². The van der Waals surface area contributed by atoms with Gasteiger partial charge in [-0.2, -0.15) is 8.42 Å². The predicted molar refractivity (Wildman–Crippen MR) is 51.7 cm³/mol. The van der Waals surface area contributed by atoms with E-state index in [4.69, 9.17) is 9.66 Å². The molecule has 4 nitrogen and oxygen atoms in total. The van der Waals surface area contributed by atoms with E-state index in [1.807, 2.05) is 0 Å². The van der Waals surface area contributed by atoms with E-state index in [9.17, 15) is 8.42 Å². The fraction of sp³-hybridized carbons (Fsp3) is 0.333. The number of hydrogen-bond donors (Lipinski definition) is 2. The third-order valence-electron chi connectivity index (χ3n) is 1.85. The Morgan fingerprint density at radius 2 is 1.86 bits per heavy atom. The van der Waals surface area contributed by atoms with Gasteiger partial charge in [0, 0.05) is 6.61 Å². The van der Waals surface area contributed by atoms with E-state index in [2.05, 4.69) is 0 Å². The summed E-state index contributed by atoms with van der Waals surface area (Å²) in [5.41, 5.74) is 0.532. The lowest BCUT2D eigenvalue weighted by Crippen LogP contribution is -2.03. The molecule has 1 aromatic carbocycles. The van der Waals surface area contributed by atoms with Crippen molar-refractivity contribution in [1.82, 2.24) is 0 Å². The lowest BCUT2D eigenvalue weighted by Gasteiger charge is -2.04. The molecule has 0 amide bonds. The minimum atomic E-state index is -4.15. The van der Waals surface area contributed by atoms with Crippen LogP contribution in [0.2, 0.25) is 0 Å². The van der Waals surface area contributed by atoms with Crippen LogP contribution in [0.5, 0.6) is 0 Å². The average Bonchev–Trinajstić information content (AvgIpc) is 2.14. The second-order valence-corrected chi connectivity index (χ2v) is 4.30. The number of aryl methyl sites for hydroxylation is 1. The third kappa shape index (κ3) is 2.80. The van der Waals surface area contributed by atoms with Crippen molar-refractivity contribution in [1.29, 1.82) is 0 Å². The Balaban J connectivity index is 3.04. The van der Waals surface area contributed by atoms with Crippen LogP contribution >= 0.6 is 0 Å². The summed E-state index contributed by atoms with van der Waals surface area (Å²) in [6, 6.07) is 6.22. The molecule has 0 unspecified atom stereocenters. The van der Waals surface area contributed by atoms with Gasteiger partial charge in [-0.05, 0) is 24.5 Å². The quantitative estimate of drug-likeness (QED) is 0.732. The van der Waals surface area contributed by atoms with Crippen LogP contribution in [0.3, 0.4) is 0 Å². The minimum Gasteiger partial charge on any atom is -0.396 e. The maximum absolute atomic E-state index is 10.9. The van der Waals surface area contributed by atoms with Gasteiger partial charge in [-0.3, -0.25) is 4.55 Å². The van der Waals surface area contributed by atoms with Gasteiger partial charge in [-0.15, -0.1) is 0 Å². The van der Waals surface area contributed by atoms with Crippen molar-refractivity contribution in [3.8, 4) is 0 Å². The topological polar surface area (TPSA) is 74.6 Å². The van der Waals surface area contributed by atoms with Gasteiger partial charge in [0.25, 0.3) is 10.1 Å². The highest BCUT2D eigenvalue weighted by Gasteiger charge is 2.13. The molecule has 0 aliphatic rings. The van der Waals surface area contributed by atoms with Gasteiger partial charge in [0.1, 0.15) is 0 Å². The van der Waals surface area contributed by atoms with Crippen molar-refractivity contribution in [2.75, 3.05) is 6.61 Å². The van der Waals surface area contributed by atoms with Crippen molar-refractivity contribution in [3.63, 3.8) is 0 Å². The first-order valence-corrected chi connectivity index (χ1v) is 5.66. The van der Waals surface area contributed by atoms with E-state index >= 15 is 0 Å². The summed E-state index contributed by atoms with van der Waals surface area (Å²) in [6.45, 7) is -0.000188. The monoisotopic (exact) mass is 216 g/mol. The standard InChI is InChI=1S/C9H12O4S/c10-7-3-5-8-4-1-2-6-9(8)14(11,12)13/h1-2,4,6,10H,3,5,7H2,(H,11,12,13). The average molecular weight is 216 g/mol. The Labute approximate surface area is 82.9 Å². The molecule has 0 saturated carbocycles. The van der Waals surface area contributed by atoms with Gasteiger partial charge in [-0.25, -0.2) is 0 Å². The molecule has 0 aliphatic heterocycles. The summed E-state index contributed by atoms with van der Waals surface area (Å²) in [7, 11) is -4.15. The molecular formula is C9H12O4S. The molecule has 0 aromatic heterocycles. The second-order valence-electron chi connectivity index (χ2n) is 2.91. The molecule has 0 fully saturated rings. The Hall–Kier alpha value is -0.910. The summed E-state index contributed by atoms with van der Waals surface area (Å²) in [5, 5.41) is 8.61. The lowest BCUT2D eigenvalue weighted by atomic mass is 10.1. The summed E-state index contributed by atoms with van der Waals surface area (Å²) in [5.74, 6) is 0. The van der Waals surface area contributed by atoms with E-state index in [0.29, 0.717) is 18.4 Å². The van der Waals surface area contributed by atoms with Crippen molar-refractivity contribution < 1.29 is 18.1 Å². The lowest BCUT2D eigenvalue weighted by molar-refractivity contribution is 0.288. The van der Waals surface area contributed by atoms with Gasteiger partial charge in [0.05, 0.1) is 4.90 Å². The van der Waals surface area contributed by atoms with Crippen LogP contribution in [0.25, 0.3) is 0 Å². The predicted octanol–water partition coefficient (Wildman–Crippen LogP) is 0.858. The Bertz CT molecular complexity index is 397. The molecule has 14 heavy (non-hydrogen) atoms. The van der Waals surface area contributed by atoms with Crippen LogP contribution in [0.1, 0.15) is 12.0 Å². The van der Waals surface area contributed by atoms with E-state index in [1.165, 1.54) is 6.07 Å². The fourth-order valence-electron chi connectivity index (χ4n) is 1.23. The number of aliphatic hydroxyl groups excluding tert-OH is 1. The largest absolute Gasteiger partial charge is 0.396 e. The van der Waals surface area contributed by atoms with Crippen molar-refractivity contribution in [3.05, 3.63) is 29.8 Å². The van der Waals surface area contributed by atoms with Gasteiger partial charge in [-0.1, -0.05) is 18.2 Å². The van der Waals surface area contributed by atoms with E-state index < -0.39 is 10.1 Å². The number of rotatable bonds is 4. The normalized spacial score (nSPS) is 11.6. The molecule has 1 rings (SSSR count). The van der Waals surface area contributed by atoms with Crippen LogP contribution in [-0.2, 0) is 16.5 Å². The number of benzene rings is 1. The molecule has 5 heteroatoms. The Kier molecular flexibility index (Phi) is 3.62. The maximum atomic E-state index is 10.9. The molecule has 0 aliphatic carbocycles. The van der Waals surface area contributed by atoms with Crippen LogP contribution in [0.4, 0.5) is 0 Å². The maximum Gasteiger partial charge on any atom is 0.294 e. The van der Waals surface area contributed by atoms with Gasteiger partial charge in [0.15, 0.2) is 0 Å². The zero-order chi connectivity index (χ0) is 10.6. The summed E-state index contributed by atoms with van der Waals surface area (Å²) in [4.78, 5) is -0.0755. The molecule has 0 heterocycles. The molecule has 1 aromatic rings. The van der Waals surface area contributed by atoms with Crippen LogP contribution in [-0.4, -0.2) is 24.7 Å². The van der Waals surface area contributed by atoms with E-state index in [1.54, 1.807) is 18.2 Å². The van der Waals surface area contributed by atoms with Crippen molar-refractivity contribution in [2.24, 2.45) is 0 Å². The first-order valence-electron chi connectivity index (χ1n) is 4.22. The highest BCUT2D eigenvalue weighted by Crippen LogP contribution is 2.16. The Morgan fingerprint density at radius 3 is 2.43 bits per heavy atom. The van der Waals surface area contributed by atoms with Crippen LogP contribution in [0, 0.1) is 0 Å². The molecular weight excluding hydrogens is 204 g/mol. The SMILES string of the molecule is O=S(=O)(O)c1ccccc1CCCO. The number of hydrogen-bond acceptors (Lipinski definition) is 3. The first kappa shape index (κ1) is 11.2. The molecule has 78 valence electrons. The second kappa shape index (κ2) is 4.54. The molecule has 0 radical (unpaired) electrons. The summed E-state index contributed by atoms with van der Waals surface area (Å²) < 4.78 is 30.7. The third-order valence-corrected chi connectivity index (χ3v) is 2.81. The van der Waals surface area contributed by atoms with Crippen LogP contribution < -0.4 is 0 Å². The van der Waals surface area contributed by atoms with E-state index in [0.717, 1.165) is 0 Å². The van der Waals surface area contributed by atoms with E-state index in [-0.39, 0.29) is 11.5 Å². The van der Waals surface area contributed by atoms with Crippen LogP contribution in [0.15, 0.2) is 29.2 Å². The molecule has 0 bridgehead atoms. The number of aliphatic hydroxyl groups is 1. The van der Waals surface area contributed by atoms with Crippen molar-refractivity contribution >= 4 is 10.1 Å². The first-order chi connectivity index (χ1) is 6.55. The highest BCUT2D eigenvalue weighted by molar-refractivity contribution is 7.85. The van der Waals surface area contributed by atoms with Crippen molar-refractivity contribution in [2.45, 2.75) is 17.7 Å². The summed E-state index contributed by atoms with van der Waals surface area (Å²) in [6.07, 6.45) is 0.916. The molecule has 2 N–H and O–H groups in total. The zero-order valence-electron chi connectivity index (χ0n) is 7.55. The van der Waals surface area contributed by atoms with Gasteiger partial charge in [0.2, 0.25) is 0 Å². The fourth-order valence-corrected chi connectivity index (χ4v) is 1.98. The smallest absolute Gasteiger partial charge is 0.294 e. The minimum absolute atomic E-state index is 0.000188. The molecule has 0 atom stereocenters. The highest BCUT2D eigenvalue weighted by atomic mass is 32.2. The molecule has 0 saturated heterocycles. The van der Waals surface area contributed by atoms with Gasteiger partial charge < -0.3 is 5.11 Å². The summed E-state index contributed by atoms with van der Waals surface area (Å²) >= 11 is 0.